The maximum absolute atomic E-state index is 12.5. The molecule has 1 aliphatic rings. The van der Waals surface area contributed by atoms with Crippen LogP contribution in [0, 0.1) is 11.3 Å². The van der Waals surface area contributed by atoms with Crippen molar-refractivity contribution in [3.05, 3.63) is 59.1 Å². The van der Waals surface area contributed by atoms with Gasteiger partial charge in [-0.15, -0.1) is 11.8 Å². The number of thioether (sulfide) groups is 1. The highest BCUT2D eigenvalue weighted by atomic mass is 35.5. The van der Waals surface area contributed by atoms with E-state index in [0.717, 1.165) is 48.3 Å². The molecule has 0 radical (unpaired) electrons. The summed E-state index contributed by atoms with van der Waals surface area (Å²) >= 11 is 7.52. The monoisotopic (exact) mass is 416 g/mol. The summed E-state index contributed by atoms with van der Waals surface area (Å²) in [4.78, 5) is 16.3. The lowest BCUT2D eigenvalue weighted by Crippen LogP contribution is -3.28. The zero-order valence-corrected chi connectivity index (χ0v) is 17.3. The molecule has 1 heterocycles. The van der Waals surface area contributed by atoms with Crippen molar-refractivity contribution in [2.45, 2.75) is 11.4 Å². The Balaban J connectivity index is 1.46. The number of para-hydroxylation sites is 1. The minimum atomic E-state index is 0.0262. The second kappa shape index (κ2) is 10.5. The number of amides is 1. The minimum absolute atomic E-state index is 0.0262. The predicted octanol–water partition coefficient (Wildman–Crippen LogP) is 0.878. The molecule has 3 N–H and O–H groups in total. The molecule has 0 unspecified atom stereocenters. The maximum Gasteiger partial charge on any atom is 0.279 e. The van der Waals surface area contributed by atoms with Gasteiger partial charge < -0.3 is 15.1 Å². The van der Waals surface area contributed by atoms with Gasteiger partial charge in [0.2, 0.25) is 0 Å². The minimum Gasteiger partial charge on any atom is -0.322 e. The first-order valence-corrected chi connectivity index (χ1v) is 10.8. The number of nitriles is 1. The Bertz CT molecular complexity index is 846. The fraction of sp³-hybridized carbons (Fsp3) is 0.333. The molecule has 2 aromatic rings. The number of benzene rings is 2. The van der Waals surface area contributed by atoms with Gasteiger partial charge >= 0.3 is 0 Å². The van der Waals surface area contributed by atoms with Crippen LogP contribution in [0.2, 0.25) is 5.02 Å². The van der Waals surface area contributed by atoms with Crippen molar-refractivity contribution in [3.8, 4) is 6.07 Å². The quantitative estimate of drug-likeness (QED) is 0.587. The second-order valence-electron chi connectivity index (χ2n) is 6.97. The third-order valence-corrected chi connectivity index (χ3v) is 6.05. The summed E-state index contributed by atoms with van der Waals surface area (Å²) in [6.07, 6.45) is 0. The number of carbonyl (C=O) groups excluding carboxylic acids is 1. The van der Waals surface area contributed by atoms with Gasteiger partial charge in [0.15, 0.2) is 6.54 Å². The molecular formula is C21H25ClN4OS+2. The number of nitrogens with zero attached hydrogens (tertiary/aromatic N) is 1. The number of hydrogen-bond acceptors (Lipinski definition) is 3. The van der Waals surface area contributed by atoms with Gasteiger partial charge in [0.25, 0.3) is 5.91 Å². The summed E-state index contributed by atoms with van der Waals surface area (Å²) in [7, 11) is 0. The highest BCUT2D eigenvalue weighted by Crippen LogP contribution is 2.26. The van der Waals surface area contributed by atoms with Crippen molar-refractivity contribution in [1.29, 1.82) is 5.26 Å². The van der Waals surface area contributed by atoms with Gasteiger partial charge in [-0.2, -0.15) is 5.26 Å². The number of anilines is 1. The van der Waals surface area contributed by atoms with Crippen LogP contribution in [-0.2, 0) is 11.3 Å². The molecular weight excluding hydrogens is 392 g/mol. The van der Waals surface area contributed by atoms with Crippen molar-refractivity contribution in [3.63, 3.8) is 0 Å². The number of hydrogen-bond donors (Lipinski definition) is 3. The standard InChI is InChI=1S/C21H23ClN4OS/c22-18-5-3-4-17(14-18)15-25-9-11-26(12-10-25)16-21(27)24-19-6-1-2-7-20(19)28-13-8-23/h1-7,14H,9-13,15-16H2,(H,24,27)/p+2. The summed E-state index contributed by atoms with van der Waals surface area (Å²) in [5.74, 6) is 0.397. The van der Waals surface area contributed by atoms with Crippen LogP contribution in [-0.4, -0.2) is 44.4 Å². The summed E-state index contributed by atoms with van der Waals surface area (Å²) in [5.41, 5.74) is 2.05. The fourth-order valence-electron chi connectivity index (χ4n) is 3.47. The van der Waals surface area contributed by atoms with Crippen molar-refractivity contribution >= 4 is 35.0 Å². The third-order valence-electron chi connectivity index (χ3n) is 4.87. The number of nitrogens with one attached hydrogen (secondary N) is 3. The first-order valence-electron chi connectivity index (χ1n) is 9.44. The number of rotatable bonds is 7. The molecule has 1 aliphatic heterocycles. The Labute approximate surface area is 175 Å². The first kappa shape index (κ1) is 20.7. The lowest BCUT2D eigenvalue weighted by molar-refractivity contribution is -1.02. The zero-order valence-electron chi connectivity index (χ0n) is 15.7. The van der Waals surface area contributed by atoms with Gasteiger partial charge in [0.1, 0.15) is 32.7 Å². The molecule has 0 aromatic heterocycles. The summed E-state index contributed by atoms with van der Waals surface area (Å²) in [6.45, 7) is 5.50. The first-order chi connectivity index (χ1) is 13.6. The van der Waals surface area contributed by atoms with Crippen molar-refractivity contribution in [1.82, 2.24) is 0 Å². The summed E-state index contributed by atoms with van der Waals surface area (Å²) in [5, 5.41) is 12.6. The lowest BCUT2D eigenvalue weighted by Gasteiger charge is -2.29. The maximum atomic E-state index is 12.5. The SMILES string of the molecule is N#CCSc1ccccc1NC(=O)C[NH+]1CC[NH+](Cc2cccc(Cl)c2)CC1. The van der Waals surface area contributed by atoms with Gasteiger partial charge in [-0.3, -0.25) is 4.79 Å². The lowest BCUT2D eigenvalue weighted by atomic mass is 10.2. The van der Waals surface area contributed by atoms with Gasteiger partial charge in [-0.25, -0.2) is 0 Å². The molecule has 0 bridgehead atoms. The van der Waals surface area contributed by atoms with Crippen LogP contribution in [0.15, 0.2) is 53.4 Å². The van der Waals surface area contributed by atoms with Crippen LogP contribution >= 0.6 is 23.4 Å². The molecule has 7 heteroatoms. The van der Waals surface area contributed by atoms with Crippen molar-refractivity contribution in [2.24, 2.45) is 0 Å². The Morgan fingerprint density at radius 2 is 1.86 bits per heavy atom. The molecule has 1 amide bonds. The molecule has 0 saturated carbocycles. The molecule has 1 fully saturated rings. The van der Waals surface area contributed by atoms with E-state index in [4.69, 9.17) is 16.9 Å². The Morgan fingerprint density at radius 1 is 1.11 bits per heavy atom. The average Bonchev–Trinajstić information content (AvgIpc) is 2.69. The fourth-order valence-corrected chi connectivity index (χ4v) is 4.36. The van der Waals surface area contributed by atoms with E-state index in [-0.39, 0.29) is 5.91 Å². The normalized spacial score (nSPS) is 19.0. The Kier molecular flexibility index (Phi) is 7.75. The highest BCUT2D eigenvalue weighted by Gasteiger charge is 2.25. The van der Waals surface area contributed by atoms with E-state index < -0.39 is 0 Å². The molecule has 2 aromatic carbocycles. The van der Waals surface area contributed by atoms with Gasteiger partial charge in [-0.1, -0.05) is 35.9 Å². The summed E-state index contributed by atoms with van der Waals surface area (Å²) < 4.78 is 0. The van der Waals surface area contributed by atoms with Gasteiger partial charge in [0.05, 0.1) is 17.5 Å². The van der Waals surface area contributed by atoms with E-state index in [1.54, 1.807) is 0 Å². The van der Waals surface area contributed by atoms with Crippen molar-refractivity contribution < 1.29 is 14.6 Å². The van der Waals surface area contributed by atoms with E-state index >= 15 is 0 Å². The third kappa shape index (κ3) is 6.25. The molecule has 0 aliphatic carbocycles. The average molecular weight is 417 g/mol. The Morgan fingerprint density at radius 3 is 2.61 bits per heavy atom. The number of quaternary nitrogens is 2. The van der Waals surface area contributed by atoms with E-state index in [1.165, 1.54) is 27.1 Å². The predicted molar refractivity (Wildman–Crippen MR) is 113 cm³/mol. The topological polar surface area (TPSA) is 61.8 Å². The van der Waals surface area contributed by atoms with Crippen LogP contribution < -0.4 is 15.1 Å². The highest BCUT2D eigenvalue weighted by molar-refractivity contribution is 7.99. The van der Waals surface area contributed by atoms with E-state index in [1.807, 2.05) is 42.5 Å². The van der Waals surface area contributed by atoms with Crippen LogP contribution in [0.3, 0.4) is 0 Å². The molecule has 0 spiro atoms. The van der Waals surface area contributed by atoms with E-state index in [9.17, 15) is 4.79 Å². The van der Waals surface area contributed by atoms with Crippen LogP contribution in [0.1, 0.15) is 5.56 Å². The van der Waals surface area contributed by atoms with Gasteiger partial charge in [-0.05, 0) is 24.3 Å². The zero-order chi connectivity index (χ0) is 19.8. The Hall–Kier alpha value is -2.04. The second-order valence-corrected chi connectivity index (χ2v) is 8.43. The molecule has 1 saturated heterocycles. The molecule has 0 atom stereocenters. The van der Waals surface area contributed by atoms with E-state index in [0.29, 0.717) is 12.3 Å². The molecule has 28 heavy (non-hydrogen) atoms. The smallest absolute Gasteiger partial charge is 0.279 e. The van der Waals surface area contributed by atoms with Gasteiger partial charge in [0, 0.05) is 15.5 Å². The number of piperazine rings is 1. The molecule has 5 nitrogen and oxygen atoms in total. The molecule has 146 valence electrons. The van der Waals surface area contributed by atoms with E-state index in [2.05, 4.69) is 17.5 Å². The largest absolute Gasteiger partial charge is 0.322 e. The van der Waals surface area contributed by atoms with Crippen LogP contribution in [0.5, 0.6) is 0 Å². The van der Waals surface area contributed by atoms with Crippen LogP contribution in [0.25, 0.3) is 0 Å². The summed E-state index contributed by atoms with van der Waals surface area (Å²) in [6, 6.07) is 17.8. The number of carbonyl (C=O) groups is 1. The van der Waals surface area contributed by atoms with Crippen LogP contribution in [0.4, 0.5) is 5.69 Å². The number of halogens is 1. The molecule has 3 rings (SSSR count). The van der Waals surface area contributed by atoms with Crippen molar-refractivity contribution in [2.75, 3.05) is 43.8 Å².